The van der Waals surface area contributed by atoms with Crippen LogP contribution in [0.3, 0.4) is 0 Å². The second-order valence-corrected chi connectivity index (χ2v) is 4.77. The molecule has 0 aliphatic rings. The van der Waals surface area contributed by atoms with Gasteiger partial charge in [-0.1, -0.05) is 11.6 Å². The van der Waals surface area contributed by atoms with Gasteiger partial charge in [0.25, 0.3) is 0 Å². The van der Waals surface area contributed by atoms with Crippen molar-refractivity contribution >= 4 is 28.3 Å². The molecular weight excluding hydrogens is 265 g/mol. The first-order chi connectivity index (χ1) is 9.06. The molecule has 0 spiro atoms. The van der Waals surface area contributed by atoms with Crippen molar-refractivity contribution in [1.29, 1.82) is 0 Å². The van der Waals surface area contributed by atoms with E-state index in [1.165, 1.54) is 12.1 Å². The molecule has 3 nitrogen and oxygen atoms in total. The Kier molecular flexibility index (Phi) is 2.68. The molecule has 0 unspecified atom stereocenters. The van der Waals surface area contributed by atoms with Crippen LogP contribution in [0, 0.1) is 5.82 Å². The van der Waals surface area contributed by atoms with Gasteiger partial charge in [0.15, 0.2) is 0 Å². The maximum Gasteiger partial charge on any atom is 0.142 e. The number of nitrogen functional groups attached to an aromatic ring is 1. The zero-order chi connectivity index (χ0) is 13.6. The third-order valence-electron chi connectivity index (χ3n) is 3.08. The van der Waals surface area contributed by atoms with Crippen LogP contribution in [-0.4, -0.2) is 9.55 Å². The highest BCUT2D eigenvalue weighted by Gasteiger charge is 2.13. The van der Waals surface area contributed by atoms with Gasteiger partial charge >= 0.3 is 0 Å². The number of rotatable bonds is 1. The predicted molar refractivity (Wildman–Crippen MR) is 75.5 cm³/mol. The van der Waals surface area contributed by atoms with E-state index in [9.17, 15) is 4.39 Å². The van der Waals surface area contributed by atoms with Crippen molar-refractivity contribution in [3.63, 3.8) is 0 Å². The molecule has 19 heavy (non-hydrogen) atoms. The van der Waals surface area contributed by atoms with E-state index in [0.29, 0.717) is 22.1 Å². The monoisotopic (exact) mass is 275 g/mol. The van der Waals surface area contributed by atoms with Gasteiger partial charge in [-0.05, 0) is 30.3 Å². The number of fused-ring (bicyclic) bond motifs is 1. The van der Waals surface area contributed by atoms with E-state index in [0.717, 1.165) is 11.1 Å². The van der Waals surface area contributed by atoms with Crippen molar-refractivity contribution in [3.8, 4) is 11.4 Å². The lowest BCUT2D eigenvalue weighted by Gasteiger charge is -2.05. The topological polar surface area (TPSA) is 43.8 Å². The molecule has 3 rings (SSSR count). The summed E-state index contributed by atoms with van der Waals surface area (Å²) in [6.45, 7) is 0. The number of hydrogen-bond donors (Lipinski definition) is 1. The van der Waals surface area contributed by atoms with Gasteiger partial charge in [-0.15, -0.1) is 0 Å². The number of nitrogens with zero attached hydrogens (tertiary/aromatic N) is 2. The Morgan fingerprint density at radius 1 is 1.21 bits per heavy atom. The zero-order valence-electron chi connectivity index (χ0n) is 10.2. The van der Waals surface area contributed by atoms with E-state index in [2.05, 4.69) is 4.98 Å². The van der Waals surface area contributed by atoms with Gasteiger partial charge in [-0.2, -0.15) is 0 Å². The van der Waals surface area contributed by atoms with Gasteiger partial charge in [0, 0.05) is 24.4 Å². The maximum absolute atomic E-state index is 13.2. The average Bonchev–Trinajstić information content (AvgIpc) is 2.66. The second kappa shape index (κ2) is 4.24. The molecule has 0 bridgehead atoms. The fourth-order valence-electron chi connectivity index (χ4n) is 2.13. The van der Waals surface area contributed by atoms with Crippen LogP contribution in [-0.2, 0) is 7.05 Å². The average molecular weight is 276 g/mol. The Bertz CT molecular complexity index is 780. The molecule has 96 valence electrons. The second-order valence-electron chi connectivity index (χ2n) is 4.37. The van der Waals surface area contributed by atoms with E-state index in [1.54, 1.807) is 18.2 Å². The molecule has 0 aliphatic carbocycles. The smallest absolute Gasteiger partial charge is 0.142 e. The molecule has 1 aromatic heterocycles. The normalized spacial score (nSPS) is 11.1. The largest absolute Gasteiger partial charge is 0.399 e. The Balaban J connectivity index is 2.27. The fourth-order valence-corrected chi connectivity index (χ4v) is 2.40. The number of benzene rings is 2. The van der Waals surface area contributed by atoms with E-state index in [1.807, 2.05) is 17.7 Å². The minimum atomic E-state index is -0.305. The van der Waals surface area contributed by atoms with Gasteiger partial charge in [-0.3, -0.25) is 0 Å². The van der Waals surface area contributed by atoms with Gasteiger partial charge < -0.3 is 10.3 Å². The van der Waals surface area contributed by atoms with Crippen LogP contribution >= 0.6 is 11.6 Å². The molecule has 0 atom stereocenters. The Hall–Kier alpha value is -2.07. The number of aryl methyl sites for hydroxylation is 1. The maximum atomic E-state index is 13.2. The highest BCUT2D eigenvalue weighted by molar-refractivity contribution is 6.33. The summed E-state index contributed by atoms with van der Waals surface area (Å²) < 4.78 is 15.1. The number of hydrogen-bond acceptors (Lipinski definition) is 2. The van der Waals surface area contributed by atoms with Gasteiger partial charge in [0.1, 0.15) is 11.6 Å². The van der Waals surface area contributed by atoms with Crippen LogP contribution < -0.4 is 5.73 Å². The summed E-state index contributed by atoms with van der Waals surface area (Å²) in [7, 11) is 1.87. The molecule has 0 fully saturated rings. The van der Waals surface area contributed by atoms with Crippen LogP contribution in [0.1, 0.15) is 0 Å². The van der Waals surface area contributed by atoms with Crippen LogP contribution in [0.5, 0.6) is 0 Å². The lowest BCUT2D eigenvalue weighted by Crippen LogP contribution is -1.94. The molecule has 0 aliphatic heterocycles. The highest BCUT2D eigenvalue weighted by atomic mass is 35.5. The van der Waals surface area contributed by atoms with E-state index in [-0.39, 0.29) is 5.82 Å². The lowest BCUT2D eigenvalue weighted by molar-refractivity contribution is 0.629. The quantitative estimate of drug-likeness (QED) is 0.690. The summed E-state index contributed by atoms with van der Waals surface area (Å²) in [6, 6.07) is 9.78. The third kappa shape index (κ3) is 1.94. The van der Waals surface area contributed by atoms with Crippen LogP contribution in [0.15, 0.2) is 36.4 Å². The van der Waals surface area contributed by atoms with Gasteiger partial charge in [-0.25, -0.2) is 9.37 Å². The van der Waals surface area contributed by atoms with Crippen molar-refractivity contribution in [2.45, 2.75) is 0 Å². The Morgan fingerprint density at radius 3 is 2.74 bits per heavy atom. The van der Waals surface area contributed by atoms with Crippen molar-refractivity contribution in [2.24, 2.45) is 7.05 Å². The number of aromatic nitrogens is 2. The summed E-state index contributed by atoms with van der Waals surface area (Å²) in [4.78, 5) is 4.43. The molecule has 3 aromatic rings. The first-order valence-corrected chi connectivity index (χ1v) is 6.11. The van der Waals surface area contributed by atoms with Crippen LogP contribution in [0.2, 0.25) is 5.02 Å². The fraction of sp³-hybridized carbons (Fsp3) is 0.0714. The molecule has 0 radical (unpaired) electrons. The number of anilines is 1. The predicted octanol–water partition coefficient (Wildman–Crippen LogP) is 3.62. The van der Waals surface area contributed by atoms with Crippen molar-refractivity contribution in [3.05, 3.63) is 47.2 Å². The molecule has 5 heteroatoms. The van der Waals surface area contributed by atoms with Gasteiger partial charge in [0.2, 0.25) is 0 Å². The van der Waals surface area contributed by atoms with E-state index >= 15 is 0 Å². The van der Waals surface area contributed by atoms with E-state index < -0.39 is 0 Å². The zero-order valence-corrected chi connectivity index (χ0v) is 10.9. The van der Waals surface area contributed by atoms with Crippen LogP contribution in [0.4, 0.5) is 10.1 Å². The summed E-state index contributed by atoms with van der Waals surface area (Å²) >= 11 is 6.19. The Morgan fingerprint density at radius 2 is 2.00 bits per heavy atom. The number of nitrogens with two attached hydrogens (primary N) is 1. The van der Waals surface area contributed by atoms with Crippen molar-refractivity contribution in [2.75, 3.05) is 5.73 Å². The molecule has 1 heterocycles. The van der Waals surface area contributed by atoms with E-state index in [4.69, 9.17) is 17.3 Å². The van der Waals surface area contributed by atoms with Crippen LogP contribution in [0.25, 0.3) is 22.4 Å². The molecule has 0 saturated heterocycles. The molecule has 0 amide bonds. The minimum Gasteiger partial charge on any atom is -0.399 e. The first-order valence-electron chi connectivity index (χ1n) is 5.73. The number of imidazole rings is 1. The summed E-state index contributed by atoms with van der Waals surface area (Å²) in [5, 5.41) is 0.527. The summed E-state index contributed by atoms with van der Waals surface area (Å²) in [5.41, 5.74) is 8.50. The molecular formula is C14H11ClFN3. The van der Waals surface area contributed by atoms with Crippen molar-refractivity contribution < 1.29 is 4.39 Å². The number of halogens is 2. The summed E-state index contributed by atoms with van der Waals surface area (Å²) in [5.74, 6) is 0.381. The molecule has 0 saturated carbocycles. The third-order valence-corrected chi connectivity index (χ3v) is 3.39. The lowest BCUT2D eigenvalue weighted by atomic mass is 10.2. The molecule has 2 N–H and O–H groups in total. The van der Waals surface area contributed by atoms with Gasteiger partial charge in [0.05, 0.1) is 16.1 Å². The first kappa shape index (κ1) is 12.0. The Labute approximate surface area is 114 Å². The van der Waals surface area contributed by atoms with Crippen molar-refractivity contribution in [1.82, 2.24) is 9.55 Å². The summed E-state index contributed by atoms with van der Waals surface area (Å²) in [6.07, 6.45) is 0. The molecule has 2 aromatic carbocycles. The standard InChI is InChI=1S/C14H11ClFN3/c1-19-13-5-2-8(16)6-12(13)18-14(19)10-4-3-9(17)7-11(10)15/h2-7H,17H2,1H3. The SMILES string of the molecule is Cn1c(-c2ccc(N)cc2Cl)nc2cc(F)ccc21. The highest BCUT2D eigenvalue weighted by Crippen LogP contribution is 2.31. The minimum absolute atomic E-state index is 0.305.